The first kappa shape index (κ1) is 18.2. The lowest BCUT2D eigenvalue weighted by atomic mass is 10.1. The van der Waals surface area contributed by atoms with Crippen LogP contribution in [0.4, 0.5) is 0 Å². The van der Waals surface area contributed by atoms with Crippen LogP contribution in [-0.4, -0.2) is 85.7 Å². The molecule has 0 bridgehead atoms. The molecule has 0 unspecified atom stereocenters. The Bertz CT molecular complexity index is 388. The molecule has 0 aromatic heterocycles. The zero-order valence-electron chi connectivity index (χ0n) is 15.4. The van der Waals surface area contributed by atoms with Gasteiger partial charge in [-0.05, 0) is 39.3 Å². The summed E-state index contributed by atoms with van der Waals surface area (Å²) >= 11 is 0. The Labute approximate surface area is 147 Å². The molecular weight excluding hydrogens is 302 g/mol. The van der Waals surface area contributed by atoms with Crippen LogP contribution < -0.4 is 0 Å². The second-order valence-corrected chi connectivity index (χ2v) is 7.79. The van der Waals surface area contributed by atoms with Gasteiger partial charge in [-0.25, -0.2) is 0 Å². The van der Waals surface area contributed by atoms with Gasteiger partial charge in [-0.3, -0.25) is 14.6 Å². The molecule has 0 radical (unpaired) electrons. The molecule has 0 aromatic carbocycles. The van der Waals surface area contributed by atoms with Crippen LogP contribution in [0.3, 0.4) is 0 Å². The molecule has 5 heteroatoms. The van der Waals surface area contributed by atoms with E-state index in [4.69, 9.17) is 4.74 Å². The smallest absolute Gasteiger partial charge is 0.240 e. The van der Waals surface area contributed by atoms with Crippen LogP contribution in [0.5, 0.6) is 0 Å². The minimum absolute atomic E-state index is 0.134. The maximum Gasteiger partial charge on any atom is 0.240 e. The summed E-state index contributed by atoms with van der Waals surface area (Å²) in [4.78, 5) is 19.4. The van der Waals surface area contributed by atoms with Crippen molar-refractivity contribution in [3.05, 3.63) is 0 Å². The van der Waals surface area contributed by atoms with Crippen molar-refractivity contribution in [3.8, 4) is 0 Å². The van der Waals surface area contributed by atoms with Crippen LogP contribution in [-0.2, 0) is 9.53 Å². The van der Waals surface area contributed by atoms with Crippen LogP contribution in [0, 0.1) is 0 Å². The molecule has 0 N–H and O–H groups in total. The van der Waals surface area contributed by atoms with E-state index in [1.165, 1.54) is 38.5 Å². The fourth-order valence-electron chi connectivity index (χ4n) is 4.38. The van der Waals surface area contributed by atoms with Crippen molar-refractivity contribution < 1.29 is 9.53 Å². The number of hydrogen-bond donors (Lipinski definition) is 0. The molecule has 3 rings (SSSR count). The Morgan fingerprint density at radius 1 is 0.917 bits per heavy atom. The first-order chi connectivity index (χ1) is 11.7. The van der Waals surface area contributed by atoms with E-state index >= 15 is 0 Å². The molecule has 1 atom stereocenters. The largest absolute Gasteiger partial charge is 0.377 e. The zero-order chi connectivity index (χ0) is 16.8. The summed E-state index contributed by atoms with van der Waals surface area (Å²) in [6.07, 6.45) is 10.6. The molecule has 3 aliphatic rings. The number of hydrogen-bond acceptors (Lipinski definition) is 4. The summed E-state index contributed by atoms with van der Waals surface area (Å²) in [6, 6.07) is 0.134. The number of nitrogens with zero attached hydrogens (tertiary/aromatic N) is 3. The average Bonchev–Trinajstić information content (AvgIpc) is 2.86. The molecule has 2 saturated heterocycles. The third kappa shape index (κ3) is 4.93. The highest BCUT2D eigenvalue weighted by atomic mass is 16.5. The Morgan fingerprint density at radius 3 is 2.25 bits per heavy atom. The fraction of sp³-hybridized carbons (Fsp3) is 0.947. The highest BCUT2D eigenvalue weighted by molar-refractivity contribution is 5.82. The van der Waals surface area contributed by atoms with E-state index in [9.17, 15) is 4.79 Å². The van der Waals surface area contributed by atoms with Crippen molar-refractivity contribution in [2.45, 2.75) is 63.5 Å². The molecule has 1 amide bonds. The Kier molecular flexibility index (Phi) is 6.93. The van der Waals surface area contributed by atoms with E-state index in [0.29, 0.717) is 12.0 Å². The zero-order valence-corrected chi connectivity index (χ0v) is 15.4. The monoisotopic (exact) mass is 337 g/mol. The molecule has 3 fully saturated rings. The van der Waals surface area contributed by atoms with Gasteiger partial charge in [0.1, 0.15) is 0 Å². The maximum atomic E-state index is 12.6. The molecule has 138 valence electrons. The maximum absolute atomic E-state index is 12.6. The van der Waals surface area contributed by atoms with E-state index in [1.807, 2.05) is 0 Å². The average molecular weight is 338 g/mol. The van der Waals surface area contributed by atoms with Crippen molar-refractivity contribution in [2.24, 2.45) is 0 Å². The molecular formula is C19H35N3O2. The van der Waals surface area contributed by atoms with Crippen LogP contribution in [0.25, 0.3) is 0 Å². The van der Waals surface area contributed by atoms with Crippen molar-refractivity contribution in [3.63, 3.8) is 0 Å². The lowest BCUT2D eigenvalue weighted by Crippen LogP contribution is -2.53. The van der Waals surface area contributed by atoms with Gasteiger partial charge in [0, 0.05) is 32.7 Å². The molecule has 2 aliphatic heterocycles. The first-order valence-electron chi connectivity index (χ1n) is 10.1. The second kappa shape index (κ2) is 9.16. The van der Waals surface area contributed by atoms with Crippen molar-refractivity contribution in [2.75, 3.05) is 52.9 Å². The van der Waals surface area contributed by atoms with Crippen molar-refractivity contribution in [1.82, 2.24) is 14.7 Å². The fourth-order valence-corrected chi connectivity index (χ4v) is 4.38. The van der Waals surface area contributed by atoms with E-state index in [0.717, 1.165) is 58.7 Å². The number of amides is 1. The van der Waals surface area contributed by atoms with Crippen LogP contribution in [0.1, 0.15) is 51.4 Å². The number of likely N-dealkylation sites (N-methyl/N-ethyl adjacent to an activating group) is 1. The summed E-state index contributed by atoms with van der Waals surface area (Å²) in [5.74, 6) is 0.351. The third-order valence-electron chi connectivity index (χ3n) is 6.05. The molecule has 2 heterocycles. The van der Waals surface area contributed by atoms with E-state index < -0.39 is 0 Å². The minimum Gasteiger partial charge on any atom is -0.377 e. The van der Waals surface area contributed by atoms with Crippen LogP contribution in [0.2, 0.25) is 0 Å². The lowest BCUT2D eigenvalue weighted by molar-refractivity contribution is -0.137. The Hall–Kier alpha value is -0.650. The third-order valence-corrected chi connectivity index (χ3v) is 6.05. The quantitative estimate of drug-likeness (QED) is 0.719. The van der Waals surface area contributed by atoms with Crippen LogP contribution in [0.15, 0.2) is 0 Å². The number of carbonyl (C=O) groups excluding carboxylic acids is 1. The summed E-state index contributed by atoms with van der Waals surface area (Å²) < 4.78 is 6.11. The van der Waals surface area contributed by atoms with Crippen molar-refractivity contribution >= 4 is 5.91 Å². The standard InChI is InChI=1S/C19H35N3O2/c1-20-10-6-9-18(20)19(23)22-13-11-21(12-14-22)15-16-24-17-7-4-2-3-5-8-17/h17-18H,2-16H2,1H3/t18-/m0/s1. The molecule has 5 nitrogen and oxygen atoms in total. The van der Waals surface area contributed by atoms with E-state index in [1.54, 1.807) is 0 Å². The molecule has 0 aromatic rings. The number of ether oxygens (including phenoxy) is 1. The Morgan fingerprint density at radius 2 is 1.62 bits per heavy atom. The first-order valence-corrected chi connectivity index (χ1v) is 10.1. The predicted octanol–water partition coefficient (Wildman–Crippen LogP) is 1.96. The molecule has 0 spiro atoms. The number of carbonyl (C=O) groups is 1. The summed E-state index contributed by atoms with van der Waals surface area (Å²) in [7, 11) is 2.08. The van der Waals surface area contributed by atoms with E-state index in [2.05, 4.69) is 21.7 Å². The summed E-state index contributed by atoms with van der Waals surface area (Å²) in [5, 5.41) is 0. The number of piperazine rings is 1. The van der Waals surface area contributed by atoms with Crippen molar-refractivity contribution in [1.29, 1.82) is 0 Å². The topological polar surface area (TPSA) is 36.0 Å². The second-order valence-electron chi connectivity index (χ2n) is 7.79. The predicted molar refractivity (Wildman–Crippen MR) is 96.1 cm³/mol. The van der Waals surface area contributed by atoms with E-state index in [-0.39, 0.29) is 6.04 Å². The number of likely N-dealkylation sites (tertiary alicyclic amines) is 1. The normalized spacial score (nSPS) is 28.2. The SMILES string of the molecule is CN1CCC[C@H]1C(=O)N1CCN(CCOC2CCCCCC2)CC1. The highest BCUT2D eigenvalue weighted by Gasteiger charge is 2.32. The van der Waals surface area contributed by atoms with Gasteiger partial charge in [0.25, 0.3) is 0 Å². The van der Waals surface area contributed by atoms with Gasteiger partial charge in [0.15, 0.2) is 0 Å². The van der Waals surface area contributed by atoms with Gasteiger partial charge < -0.3 is 9.64 Å². The van der Waals surface area contributed by atoms with Gasteiger partial charge in [-0.1, -0.05) is 25.7 Å². The molecule has 1 saturated carbocycles. The lowest BCUT2D eigenvalue weighted by Gasteiger charge is -2.37. The minimum atomic E-state index is 0.134. The van der Waals surface area contributed by atoms with Gasteiger partial charge in [-0.2, -0.15) is 0 Å². The summed E-state index contributed by atoms with van der Waals surface area (Å²) in [6.45, 7) is 6.69. The molecule has 24 heavy (non-hydrogen) atoms. The Balaban J connectivity index is 1.32. The van der Waals surface area contributed by atoms with Gasteiger partial charge >= 0.3 is 0 Å². The van der Waals surface area contributed by atoms with Gasteiger partial charge in [0.05, 0.1) is 18.8 Å². The number of rotatable bonds is 5. The molecule has 1 aliphatic carbocycles. The highest BCUT2D eigenvalue weighted by Crippen LogP contribution is 2.20. The van der Waals surface area contributed by atoms with Gasteiger partial charge in [0.2, 0.25) is 5.91 Å². The van der Waals surface area contributed by atoms with Gasteiger partial charge in [-0.15, -0.1) is 0 Å². The van der Waals surface area contributed by atoms with Crippen LogP contribution >= 0.6 is 0 Å². The summed E-state index contributed by atoms with van der Waals surface area (Å²) in [5.41, 5.74) is 0.